The van der Waals surface area contributed by atoms with Crippen molar-refractivity contribution in [2.24, 2.45) is 5.92 Å². The largest absolute Gasteiger partial charge is 0.348 e. The average Bonchev–Trinajstić information content (AvgIpc) is 2.59. The van der Waals surface area contributed by atoms with Gasteiger partial charge in [0, 0.05) is 11.8 Å². The maximum atomic E-state index is 12.6. The molecule has 1 aromatic carbocycles. The van der Waals surface area contributed by atoms with Crippen molar-refractivity contribution in [3.8, 4) is 6.07 Å². The zero-order valence-corrected chi connectivity index (χ0v) is 13.5. The normalized spacial score (nSPS) is 13.2. The number of hydrogen-bond acceptors (Lipinski definition) is 4. The summed E-state index contributed by atoms with van der Waals surface area (Å²) in [6.07, 6.45) is 2.94. The second-order valence-electron chi connectivity index (χ2n) is 5.80. The standard InChI is InChI=1S/C18H20N4O/c1-12(2)17(15-10-20-11-21-16(15)9-19)22-18(23)13(3)14-7-5-4-6-8-14/h4-8,10-13,17H,1-3H3,(H,22,23). The molecular formula is C18H20N4O. The third-order valence-corrected chi connectivity index (χ3v) is 3.84. The SMILES string of the molecule is CC(C(=O)NC(c1cncnc1C#N)C(C)C)c1ccccc1. The van der Waals surface area contributed by atoms with E-state index < -0.39 is 0 Å². The van der Waals surface area contributed by atoms with E-state index >= 15 is 0 Å². The van der Waals surface area contributed by atoms with Gasteiger partial charge in [0.05, 0.1) is 12.0 Å². The second kappa shape index (κ2) is 7.50. The van der Waals surface area contributed by atoms with E-state index in [-0.39, 0.29) is 23.8 Å². The molecule has 2 aromatic rings. The van der Waals surface area contributed by atoms with Crippen LogP contribution in [-0.2, 0) is 4.79 Å². The number of nitriles is 1. The van der Waals surface area contributed by atoms with Gasteiger partial charge in [-0.3, -0.25) is 4.79 Å². The van der Waals surface area contributed by atoms with Crippen LogP contribution in [0.5, 0.6) is 0 Å². The molecule has 2 atom stereocenters. The lowest BCUT2D eigenvalue weighted by Gasteiger charge is -2.25. The van der Waals surface area contributed by atoms with Crippen LogP contribution < -0.4 is 5.32 Å². The molecule has 0 aliphatic rings. The van der Waals surface area contributed by atoms with Gasteiger partial charge >= 0.3 is 0 Å². The maximum Gasteiger partial charge on any atom is 0.227 e. The Morgan fingerprint density at radius 3 is 2.52 bits per heavy atom. The molecule has 0 aliphatic heterocycles. The van der Waals surface area contributed by atoms with Crippen LogP contribution in [0.15, 0.2) is 42.9 Å². The lowest BCUT2D eigenvalue weighted by molar-refractivity contribution is -0.123. The molecule has 0 spiro atoms. The van der Waals surface area contributed by atoms with E-state index in [9.17, 15) is 10.1 Å². The molecule has 5 nitrogen and oxygen atoms in total. The van der Waals surface area contributed by atoms with E-state index in [0.717, 1.165) is 5.56 Å². The summed E-state index contributed by atoms with van der Waals surface area (Å²) in [4.78, 5) is 20.6. The number of aromatic nitrogens is 2. The van der Waals surface area contributed by atoms with Gasteiger partial charge in [-0.1, -0.05) is 44.2 Å². The first-order valence-corrected chi connectivity index (χ1v) is 7.60. The highest BCUT2D eigenvalue weighted by Crippen LogP contribution is 2.25. The zero-order chi connectivity index (χ0) is 16.8. The fraction of sp³-hybridized carbons (Fsp3) is 0.333. The minimum Gasteiger partial charge on any atom is -0.348 e. The van der Waals surface area contributed by atoms with Crippen LogP contribution >= 0.6 is 0 Å². The number of benzene rings is 1. The smallest absolute Gasteiger partial charge is 0.227 e. The molecule has 0 fully saturated rings. The minimum atomic E-state index is -0.301. The summed E-state index contributed by atoms with van der Waals surface area (Å²) in [5.74, 6) is -0.240. The number of carbonyl (C=O) groups excluding carboxylic acids is 1. The van der Waals surface area contributed by atoms with Crippen molar-refractivity contribution in [2.45, 2.75) is 32.7 Å². The van der Waals surface area contributed by atoms with Crippen molar-refractivity contribution in [2.75, 3.05) is 0 Å². The lowest BCUT2D eigenvalue weighted by Crippen LogP contribution is -2.35. The summed E-state index contributed by atoms with van der Waals surface area (Å²) in [5, 5.41) is 12.3. The predicted molar refractivity (Wildman–Crippen MR) is 87.3 cm³/mol. The topological polar surface area (TPSA) is 78.7 Å². The van der Waals surface area contributed by atoms with E-state index in [2.05, 4.69) is 21.4 Å². The molecule has 1 amide bonds. The molecule has 1 aromatic heterocycles. The Hall–Kier alpha value is -2.74. The van der Waals surface area contributed by atoms with Gasteiger partial charge in [0.1, 0.15) is 18.1 Å². The van der Waals surface area contributed by atoms with Crippen molar-refractivity contribution < 1.29 is 4.79 Å². The van der Waals surface area contributed by atoms with Gasteiger partial charge in [0.25, 0.3) is 0 Å². The quantitative estimate of drug-likeness (QED) is 0.921. The fourth-order valence-corrected chi connectivity index (χ4v) is 2.44. The van der Waals surface area contributed by atoms with Crippen LogP contribution in [0.2, 0.25) is 0 Å². The first kappa shape index (κ1) is 16.6. The Labute approximate surface area is 136 Å². The number of amides is 1. The van der Waals surface area contributed by atoms with E-state index in [1.807, 2.05) is 51.1 Å². The third-order valence-electron chi connectivity index (χ3n) is 3.84. The Morgan fingerprint density at radius 1 is 1.22 bits per heavy atom. The van der Waals surface area contributed by atoms with Gasteiger partial charge in [-0.2, -0.15) is 5.26 Å². The number of carbonyl (C=O) groups is 1. The van der Waals surface area contributed by atoms with Crippen LogP contribution in [0.1, 0.15) is 49.6 Å². The molecule has 2 unspecified atom stereocenters. The number of hydrogen-bond donors (Lipinski definition) is 1. The van der Waals surface area contributed by atoms with Crippen LogP contribution in [0.3, 0.4) is 0 Å². The van der Waals surface area contributed by atoms with Crippen molar-refractivity contribution in [3.63, 3.8) is 0 Å². The Bertz CT molecular complexity index is 706. The Kier molecular flexibility index (Phi) is 5.42. The number of rotatable bonds is 5. The summed E-state index contributed by atoms with van der Waals surface area (Å²) >= 11 is 0. The third kappa shape index (κ3) is 3.92. The number of nitrogens with zero attached hydrogens (tertiary/aromatic N) is 3. The highest BCUT2D eigenvalue weighted by molar-refractivity contribution is 5.83. The minimum absolute atomic E-state index is 0.0809. The van der Waals surface area contributed by atoms with Gasteiger partial charge in [0.2, 0.25) is 5.91 Å². The van der Waals surface area contributed by atoms with Crippen LogP contribution in [0, 0.1) is 17.2 Å². The molecule has 2 rings (SSSR count). The summed E-state index contributed by atoms with van der Waals surface area (Å²) in [6.45, 7) is 5.85. The van der Waals surface area contributed by atoms with Gasteiger partial charge in [-0.05, 0) is 18.4 Å². The molecule has 5 heteroatoms. The molecule has 0 aliphatic carbocycles. The summed E-state index contributed by atoms with van der Waals surface area (Å²) in [5.41, 5.74) is 1.90. The molecular weight excluding hydrogens is 288 g/mol. The van der Waals surface area contributed by atoms with Crippen LogP contribution in [0.4, 0.5) is 0 Å². The molecule has 0 saturated carbocycles. The summed E-state index contributed by atoms with van der Waals surface area (Å²) in [7, 11) is 0. The van der Waals surface area contributed by atoms with E-state index in [0.29, 0.717) is 11.3 Å². The zero-order valence-electron chi connectivity index (χ0n) is 13.5. The molecule has 23 heavy (non-hydrogen) atoms. The van der Waals surface area contributed by atoms with Crippen molar-refractivity contribution in [1.82, 2.24) is 15.3 Å². The van der Waals surface area contributed by atoms with E-state index in [1.165, 1.54) is 6.33 Å². The van der Waals surface area contributed by atoms with Gasteiger partial charge < -0.3 is 5.32 Å². The maximum absolute atomic E-state index is 12.6. The van der Waals surface area contributed by atoms with Crippen molar-refractivity contribution >= 4 is 5.91 Å². The lowest BCUT2D eigenvalue weighted by atomic mass is 9.94. The number of nitrogens with one attached hydrogen (secondary N) is 1. The fourth-order valence-electron chi connectivity index (χ4n) is 2.44. The van der Waals surface area contributed by atoms with Crippen LogP contribution in [0.25, 0.3) is 0 Å². The summed E-state index contributed by atoms with van der Waals surface area (Å²) in [6, 6.07) is 11.4. The van der Waals surface area contributed by atoms with E-state index in [4.69, 9.17) is 0 Å². The molecule has 0 radical (unpaired) electrons. The first-order chi connectivity index (χ1) is 11.0. The Morgan fingerprint density at radius 2 is 1.91 bits per heavy atom. The highest BCUT2D eigenvalue weighted by Gasteiger charge is 2.25. The second-order valence-corrected chi connectivity index (χ2v) is 5.80. The van der Waals surface area contributed by atoms with Gasteiger partial charge in [-0.25, -0.2) is 9.97 Å². The monoisotopic (exact) mass is 308 g/mol. The van der Waals surface area contributed by atoms with Crippen molar-refractivity contribution in [3.05, 3.63) is 59.7 Å². The molecule has 1 N–H and O–H groups in total. The first-order valence-electron chi connectivity index (χ1n) is 7.60. The van der Waals surface area contributed by atoms with E-state index in [1.54, 1.807) is 6.20 Å². The molecule has 0 bridgehead atoms. The highest BCUT2D eigenvalue weighted by atomic mass is 16.1. The van der Waals surface area contributed by atoms with Gasteiger partial charge in [0.15, 0.2) is 0 Å². The Balaban J connectivity index is 2.23. The molecule has 1 heterocycles. The summed E-state index contributed by atoms with van der Waals surface area (Å²) < 4.78 is 0. The van der Waals surface area contributed by atoms with Crippen LogP contribution in [-0.4, -0.2) is 15.9 Å². The van der Waals surface area contributed by atoms with Crippen molar-refractivity contribution in [1.29, 1.82) is 5.26 Å². The molecule has 0 saturated heterocycles. The predicted octanol–water partition coefficient (Wildman–Crippen LogP) is 2.97. The van der Waals surface area contributed by atoms with Gasteiger partial charge in [-0.15, -0.1) is 0 Å². The average molecular weight is 308 g/mol. The molecule has 118 valence electrons.